The number of hydrogen-bond acceptors (Lipinski definition) is 6. The van der Waals surface area contributed by atoms with Crippen molar-refractivity contribution in [1.29, 1.82) is 0 Å². The van der Waals surface area contributed by atoms with E-state index >= 15 is 0 Å². The maximum Gasteiger partial charge on any atom is 0.230 e. The Kier molecular flexibility index (Phi) is 4.18. The summed E-state index contributed by atoms with van der Waals surface area (Å²) in [5.41, 5.74) is -0.415. The predicted octanol–water partition coefficient (Wildman–Crippen LogP) is 1.34. The van der Waals surface area contributed by atoms with E-state index in [1.54, 1.807) is 0 Å². The van der Waals surface area contributed by atoms with E-state index in [1.807, 2.05) is 34.6 Å². The number of aliphatic hydroxyl groups is 1. The van der Waals surface area contributed by atoms with Gasteiger partial charge in [-0.25, -0.2) is 0 Å². The molecule has 0 spiro atoms. The largest absolute Gasteiger partial charge is 0.423 e. The number of aromatic nitrogens is 2. The quantitative estimate of drug-likeness (QED) is 0.902. The maximum absolute atomic E-state index is 9.31. The molecule has 1 N–H and O–H groups in total. The van der Waals surface area contributed by atoms with E-state index in [0.29, 0.717) is 24.9 Å². The number of aliphatic hydroxyl groups excluding tert-OH is 1. The van der Waals surface area contributed by atoms with Crippen LogP contribution < -0.4 is 0 Å². The number of hydrogen-bond donors (Lipinski definition) is 1. The van der Waals surface area contributed by atoms with E-state index in [9.17, 15) is 5.11 Å². The van der Waals surface area contributed by atoms with Gasteiger partial charge in [0.05, 0.1) is 24.9 Å². The van der Waals surface area contributed by atoms with Gasteiger partial charge in [-0.2, -0.15) is 0 Å². The number of rotatable bonds is 3. The molecule has 6 heteroatoms. The summed E-state index contributed by atoms with van der Waals surface area (Å²) >= 11 is 0. The van der Waals surface area contributed by atoms with Crippen LogP contribution in [0.25, 0.3) is 0 Å². The Balaban J connectivity index is 2.04. The molecule has 1 unspecified atom stereocenters. The van der Waals surface area contributed by atoms with Crippen molar-refractivity contribution < 1.29 is 14.3 Å². The lowest BCUT2D eigenvalue weighted by Crippen LogP contribution is -2.53. The summed E-state index contributed by atoms with van der Waals surface area (Å²) in [7, 11) is 0. The first-order valence-electron chi connectivity index (χ1n) is 7.03. The van der Waals surface area contributed by atoms with Crippen LogP contribution in [0.15, 0.2) is 4.42 Å². The Bertz CT molecular complexity index is 451. The van der Waals surface area contributed by atoms with Crippen LogP contribution in [0.3, 0.4) is 0 Å². The average Bonchev–Trinajstić information content (AvgIpc) is 2.75. The lowest BCUT2D eigenvalue weighted by Gasteiger charge is -2.41. The molecule has 20 heavy (non-hydrogen) atoms. The maximum atomic E-state index is 9.31. The molecule has 6 nitrogen and oxygen atoms in total. The molecule has 2 rings (SSSR count). The standard InChI is InChI=1S/C14H25N3O3/c1-13(2,3)12-16-15-11(19-12)7-17-6-10(8-18)20-14(4,5)9-17/h10,18H,6-9H2,1-5H3. The normalized spacial score (nSPS) is 24.0. The lowest BCUT2D eigenvalue weighted by atomic mass is 9.97. The highest BCUT2D eigenvalue weighted by Gasteiger charge is 2.34. The van der Waals surface area contributed by atoms with Crippen LogP contribution in [-0.2, 0) is 16.7 Å². The molecule has 1 aromatic rings. The zero-order valence-electron chi connectivity index (χ0n) is 13.0. The molecule has 0 saturated carbocycles. The molecule has 2 heterocycles. The minimum absolute atomic E-state index is 0.0248. The molecule has 1 aromatic heterocycles. The topological polar surface area (TPSA) is 71.6 Å². The van der Waals surface area contributed by atoms with Gasteiger partial charge in [0, 0.05) is 18.5 Å². The van der Waals surface area contributed by atoms with Gasteiger partial charge >= 0.3 is 0 Å². The fourth-order valence-corrected chi connectivity index (χ4v) is 2.44. The van der Waals surface area contributed by atoms with E-state index in [4.69, 9.17) is 9.15 Å². The van der Waals surface area contributed by atoms with E-state index in [2.05, 4.69) is 15.1 Å². The molecule has 0 amide bonds. The summed E-state index contributed by atoms with van der Waals surface area (Å²) in [5, 5.41) is 17.5. The van der Waals surface area contributed by atoms with Crippen LogP contribution in [-0.4, -0.2) is 51.6 Å². The van der Waals surface area contributed by atoms with Gasteiger partial charge in [-0.05, 0) is 13.8 Å². The van der Waals surface area contributed by atoms with Crippen molar-refractivity contribution in [2.75, 3.05) is 19.7 Å². The third-order valence-electron chi connectivity index (χ3n) is 3.22. The average molecular weight is 283 g/mol. The third kappa shape index (κ3) is 3.77. The fourth-order valence-electron chi connectivity index (χ4n) is 2.44. The van der Waals surface area contributed by atoms with Crippen LogP contribution in [0.2, 0.25) is 0 Å². The second-order valence-electron chi connectivity index (χ2n) is 7.10. The molecule has 114 valence electrons. The van der Waals surface area contributed by atoms with E-state index in [1.165, 1.54) is 0 Å². The molecule has 0 aliphatic carbocycles. The van der Waals surface area contributed by atoms with Crippen molar-refractivity contribution in [3.8, 4) is 0 Å². The Hall–Kier alpha value is -0.980. The van der Waals surface area contributed by atoms with E-state index in [0.717, 1.165) is 6.54 Å². The zero-order chi connectivity index (χ0) is 15.0. The van der Waals surface area contributed by atoms with Crippen LogP contribution in [0.1, 0.15) is 46.4 Å². The van der Waals surface area contributed by atoms with Gasteiger partial charge in [0.15, 0.2) is 0 Å². The number of morpholine rings is 1. The summed E-state index contributed by atoms with van der Waals surface area (Å²) in [6.07, 6.45) is -0.163. The lowest BCUT2D eigenvalue weighted by molar-refractivity contribution is -0.151. The Morgan fingerprint density at radius 3 is 2.60 bits per heavy atom. The van der Waals surface area contributed by atoms with Gasteiger partial charge in [-0.15, -0.1) is 10.2 Å². The predicted molar refractivity (Wildman–Crippen MR) is 74.3 cm³/mol. The van der Waals surface area contributed by atoms with Crippen LogP contribution >= 0.6 is 0 Å². The Labute approximate surface area is 120 Å². The first-order valence-corrected chi connectivity index (χ1v) is 7.03. The monoisotopic (exact) mass is 283 g/mol. The molecule has 1 aliphatic heterocycles. The second-order valence-corrected chi connectivity index (χ2v) is 7.10. The third-order valence-corrected chi connectivity index (χ3v) is 3.22. The summed E-state index contributed by atoms with van der Waals surface area (Å²) in [6, 6.07) is 0. The molecule has 1 aliphatic rings. The molecule has 0 radical (unpaired) electrons. The van der Waals surface area contributed by atoms with Crippen LogP contribution in [0, 0.1) is 0 Å². The zero-order valence-corrected chi connectivity index (χ0v) is 13.0. The highest BCUT2D eigenvalue weighted by atomic mass is 16.5. The highest BCUT2D eigenvalue weighted by molar-refractivity contribution is 4.96. The summed E-state index contributed by atoms with van der Waals surface area (Å²) in [4.78, 5) is 2.18. The summed E-state index contributed by atoms with van der Waals surface area (Å²) in [5.74, 6) is 1.27. The second kappa shape index (κ2) is 5.42. The van der Waals surface area contributed by atoms with Crippen molar-refractivity contribution in [2.24, 2.45) is 0 Å². The van der Waals surface area contributed by atoms with Crippen molar-refractivity contribution in [3.63, 3.8) is 0 Å². The Morgan fingerprint density at radius 2 is 2.05 bits per heavy atom. The molecule has 0 bridgehead atoms. The summed E-state index contributed by atoms with van der Waals surface area (Å²) < 4.78 is 11.5. The van der Waals surface area contributed by atoms with E-state index in [-0.39, 0.29) is 23.7 Å². The fraction of sp³-hybridized carbons (Fsp3) is 0.857. The van der Waals surface area contributed by atoms with Crippen molar-refractivity contribution in [3.05, 3.63) is 11.8 Å². The molecule has 1 saturated heterocycles. The number of nitrogens with zero attached hydrogens (tertiary/aromatic N) is 3. The molecule has 1 atom stereocenters. The van der Waals surface area contributed by atoms with Crippen LogP contribution in [0.4, 0.5) is 0 Å². The van der Waals surface area contributed by atoms with Gasteiger partial charge in [0.25, 0.3) is 0 Å². The minimum Gasteiger partial charge on any atom is -0.423 e. The van der Waals surface area contributed by atoms with Crippen LogP contribution in [0.5, 0.6) is 0 Å². The van der Waals surface area contributed by atoms with Crippen molar-refractivity contribution in [1.82, 2.24) is 15.1 Å². The Morgan fingerprint density at radius 1 is 1.35 bits per heavy atom. The molecule has 0 aromatic carbocycles. The molecular formula is C14H25N3O3. The van der Waals surface area contributed by atoms with Gasteiger partial charge in [0.1, 0.15) is 0 Å². The van der Waals surface area contributed by atoms with Gasteiger partial charge in [0.2, 0.25) is 11.8 Å². The van der Waals surface area contributed by atoms with Crippen molar-refractivity contribution >= 4 is 0 Å². The van der Waals surface area contributed by atoms with E-state index < -0.39 is 0 Å². The first-order chi connectivity index (χ1) is 9.19. The summed E-state index contributed by atoms with van der Waals surface area (Å²) in [6.45, 7) is 12.2. The number of ether oxygens (including phenoxy) is 1. The van der Waals surface area contributed by atoms with Gasteiger partial charge < -0.3 is 14.3 Å². The smallest absolute Gasteiger partial charge is 0.230 e. The molecular weight excluding hydrogens is 258 g/mol. The molecule has 1 fully saturated rings. The minimum atomic E-state index is -0.279. The SMILES string of the molecule is CC1(C)CN(Cc2nnc(C(C)(C)C)o2)CC(CO)O1. The van der Waals surface area contributed by atoms with Gasteiger partial charge in [-0.3, -0.25) is 4.90 Å². The van der Waals surface area contributed by atoms with Gasteiger partial charge in [-0.1, -0.05) is 20.8 Å². The highest BCUT2D eigenvalue weighted by Crippen LogP contribution is 2.24. The van der Waals surface area contributed by atoms with Crippen molar-refractivity contribution in [2.45, 2.75) is 58.3 Å². The first kappa shape index (κ1) is 15.4.